The molecule has 0 saturated heterocycles. The van der Waals surface area contributed by atoms with Crippen LogP contribution in [0.1, 0.15) is 49.7 Å². The molecule has 5 nitrogen and oxygen atoms in total. The lowest BCUT2D eigenvalue weighted by atomic mass is 9.89. The Morgan fingerprint density at radius 3 is 2.62 bits per heavy atom. The van der Waals surface area contributed by atoms with Crippen LogP contribution in [-0.2, 0) is 6.42 Å². The molecule has 1 N–H and O–H groups in total. The molecule has 0 aliphatic heterocycles. The third-order valence-electron chi connectivity index (χ3n) is 4.19. The molecule has 126 valence electrons. The summed E-state index contributed by atoms with van der Waals surface area (Å²) in [7, 11) is 0. The number of carbonyl (C=O) groups is 2. The summed E-state index contributed by atoms with van der Waals surface area (Å²) in [5, 5.41) is 9.86. The predicted molar refractivity (Wildman–Crippen MR) is 89.2 cm³/mol. The Morgan fingerprint density at radius 1 is 1.29 bits per heavy atom. The molecule has 0 atom stereocenters. The first kappa shape index (κ1) is 16.4. The average Bonchev–Trinajstić information content (AvgIpc) is 2.45. The van der Waals surface area contributed by atoms with Crippen LogP contribution >= 0.6 is 0 Å². The molecule has 1 aliphatic carbocycles. The van der Waals surface area contributed by atoms with E-state index in [-0.39, 0.29) is 22.4 Å². The van der Waals surface area contributed by atoms with Crippen LogP contribution in [-0.4, -0.2) is 27.5 Å². The molecule has 0 saturated carbocycles. The molecule has 24 heavy (non-hydrogen) atoms. The number of anilines is 1. The summed E-state index contributed by atoms with van der Waals surface area (Å²) in [5.74, 6) is -0.758. The quantitative estimate of drug-likeness (QED) is 0.851. The van der Waals surface area contributed by atoms with Crippen LogP contribution in [0.4, 0.5) is 14.9 Å². The normalized spacial score (nSPS) is 14.6. The van der Waals surface area contributed by atoms with Gasteiger partial charge in [0.2, 0.25) is 0 Å². The lowest BCUT2D eigenvalue weighted by molar-refractivity contribution is 0.0972. The van der Waals surface area contributed by atoms with Gasteiger partial charge in [0, 0.05) is 12.0 Å². The van der Waals surface area contributed by atoms with E-state index in [0.717, 1.165) is 4.90 Å². The SMILES string of the molecule is CC(C)(C)N(C(=O)O)c1c2c(nc3cccc(F)c13)CCCC2=O. The summed E-state index contributed by atoms with van der Waals surface area (Å²) >= 11 is 0. The van der Waals surface area contributed by atoms with E-state index in [9.17, 15) is 19.1 Å². The van der Waals surface area contributed by atoms with Crippen molar-refractivity contribution in [2.24, 2.45) is 0 Å². The zero-order valence-electron chi connectivity index (χ0n) is 13.9. The van der Waals surface area contributed by atoms with Crippen LogP contribution in [0, 0.1) is 5.82 Å². The molecule has 0 unspecified atom stereocenters. The first-order valence-corrected chi connectivity index (χ1v) is 7.89. The lowest BCUT2D eigenvalue weighted by Crippen LogP contribution is -2.46. The van der Waals surface area contributed by atoms with Gasteiger partial charge >= 0.3 is 6.09 Å². The van der Waals surface area contributed by atoms with Crippen molar-refractivity contribution in [3.8, 4) is 0 Å². The van der Waals surface area contributed by atoms with Gasteiger partial charge in [-0.15, -0.1) is 0 Å². The number of rotatable bonds is 1. The van der Waals surface area contributed by atoms with E-state index in [1.54, 1.807) is 26.8 Å². The van der Waals surface area contributed by atoms with E-state index in [2.05, 4.69) is 4.98 Å². The van der Waals surface area contributed by atoms with Crippen molar-refractivity contribution in [1.82, 2.24) is 4.98 Å². The minimum Gasteiger partial charge on any atom is -0.465 e. The summed E-state index contributed by atoms with van der Waals surface area (Å²) in [6, 6.07) is 4.44. The van der Waals surface area contributed by atoms with Gasteiger partial charge < -0.3 is 5.11 Å². The van der Waals surface area contributed by atoms with Crippen molar-refractivity contribution in [3.63, 3.8) is 0 Å². The third-order valence-corrected chi connectivity index (χ3v) is 4.19. The molecule has 0 fully saturated rings. The van der Waals surface area contributed by atoms with E-state index < -0.39 is 17.4 Å². The highest BCUT2D eigenvalue weighted by molar-refractivity contribution is 6.13. The lowest BCUT2D eigenvalue weighted by Gasteiger charge is -2.36. The van der Waals surface area contributed by atoms with Crippen molar-refractivity contribution in [1.29, 1.82) is 0 Å². The summed E-state index contributed by atoms with van der Waals surface area (Å²) in [6.45, 7) is 5.15. The maximum Gasteiger partial charge on any atom is 0.412 e. The number of halogens is 1. The zero-order chi connectivity index (χ0) is 17.6. The Labute approximate surface area is 139 Å². The number of pyridine rings is 1. The van der Waals surface area contributed by atoms with Crippen LogP contribution in [0.3, 0.4) is 0 Å². The molecule has 1 aliphatic rings. The molecule has 0 spiro atoms. The molecule has 1 aromatic heterocycles. The number of aryl methyl sites for hydroxylation is 1. The highest BCUT2D eigenvalue weighted by atomic mass is 19.1. The molecule has 0 bridgehead atoms. The van der Waals surface area contributed by atoms with Gasteiger partial charge in [0.15, 0.2) is 5.78 Å². The minimum atomic E-state index is -1.22. The average molecular weight is 330 g/mol. The maximum absolute atomic E-state index is 14.6. The Morgan fingerprint density at radius 2 is 2.00 bits per heavy atom. The highest BCUT2D eigenvalue weighted by Crippen LogP contribution is 2.39. The highest BCUT2D eigenvalue weighted by Gasteiger charge is 2.36. The van der Waals surface area contributed by atoms with E-state index in [0.29, 0.717) is 30.5 Å². The number of aromatic nitrogens is 1. The van der Waals surface area contributed by atoms with Gasteiger partial charge in [-0.05, 0) is 45.7 Å². The largest absolute Gasteiger partial charge is 0.465 e. The van der Waals surface area contributed by atoms with Crippen molar-refractivity contribution in [2.45, 2.75) is 45.6 Å². The monoisotopic (exact) mass is 330 g/mol. The van der Waals surface area contributed by atoms with Gasteiger partial charge in [-0.25, -0.2) is 9.18 Å². The van der Waals surface area contributed by atoms with Crippen LogP contribution in [0.15, 0.2) is 18.2 Å². The van der Waals surface area contributed by atoms with Gasteiger partial charge in [0.05, 0.1) is 27.8 Å². The Balaban J connectivity index is 2.49. The Hall–Kier alpha value is -2.50. The second kappa shape index (κ2) is 5.54. The molecule has 1 amide bonds. The van der Waals surface area contributed by atoms with Gasteiger partial charge in [0.25, 0.3) is 0 Å². The Kier molecular flexibility index (Phi) is 3.78. The standard InChI is InChI=1S/C18H19FN2O3/c1-18(2,3)21(17(23)24)16-14-10(19)6-4-7-11(14)20-12-8-5-9-13(22)15(12)16/h4,6-7H,5,8-9H2,1-3H3,(H,23,24). The van der Waals surface area contributed by atoms with Gasteiger partial charge in [0.1, 0.15) is 5.82 Å². The van der Waals surface area contributed by atoms with E-state index in [4.69, 9.17) is 0 Å². The molecule has 1 heterocycles. The second-order valence-electron chi connectivity index (χ2n) is 6.98. The minimum absolute atomic E-state index is 0.0869. The fourth-order valence-corrected chi connectivity index (χ4v) is 3.26. The van der Waals surface area contributed by atoms with Crippen LogP contribution < -0.4 is 4.90 Å². The molecule has 6 heteroatoms. The number of fused-ring (bicyclic) bond motifs is 2. The van der Waals surface area contributed by atoms with Gasteiger partial charge in [-0.3, -0.25) is 14.7 Å². The second-order valence-corrected chi connectivity index (χ2v) is 6.98. The molecule has 3 rings (SSSR count). The van der Waals surface area contributed by atoms with Crippen LogP contribution in [0.2, 0.25) is 0 Å². The van der Waals surface area contributed by atoms with E-state index in [1.165, 1.54) is 12.1 Å². The topological polar surface area (TPSA) is 70.5 Å². The van der Waals surface area contributed by atoms with Crippen molar-refractivity contribution >= 4 is 28.5 Å². The van der Waals surface area contributed by atoms with Crippen molar-refractivity contribution in [3.05, 3.63) is 35.3 Å². The number of carboxylic acid groups (broad SMARTS) is 1. The molecule has 2 aromatic rings. The van der Waals surface area contributed by atoms with Crippen LogP contribution in [0.25, 0.3) is 10.9 Å². The van der Waals surface area contributed by atoms with Crippen LogP contribution in [0.5, 0.6) is 0 Å². The smallest absolute Gasteiger partial charge is 0.412 e. The number of benzene rings is 1. The fraction of sp³-hybridized carbons (Fsp3) is 0.389. The number of ketones is 1. The summed E-state index contributed by atoms with van der Waals surface area (Å²) in [6.07, 6.45) is 0.345. The molecule has 0 radical (unpaired) electrons. The molecular weight excluding hydrogens is 311 g/mol. The van der Waals surface area contributed by atoms with Gasteiger partial charge in [-0.2, -0.15) is 0 Å². The van der Waals surface area contributed by atoms with Crippen molar-refractivity contribution in [2.75, 3.05) is 4.90 Å². The zero-order valence-corrected chi connectivity index (χ0v) is 13.9. The number of amides is 1. The van der Waals surface area contributed by atoms with E-state index >= 15 is 0 Å². The first-order valence-electron chi connectivity index (χ1n) is 7.89. The number of hydrogen-bond donors (Lipinski definition) is 1. The maximum atomic E-state index is 14.6. The first-order chi connectivity index (χ1) is 11.2. The summed E-state index contributed by atoms with van der Waals surface area (Å²) < 4.78 is 14.6. The fourth-order valence-electron chi connectivity index (χ4n) is 3.26. The summed E-state index contributed by atoms with van der Waals surface area (Å²) in [4.78, 5) is 30.0. The predicted octanol–water partition coefficient (Wildman–Crippen LogP) is 4.18. The number of nitrogens with zero attached hydrogens (tertiary/aromatic N) is 2. The number of hydrogen-bond acceptors (Lipinski definition) is 3. The van der Waals surface area contributed by atoms with Gasteiger partial charge in [-0.1, -0.05) is 6.07 Å². The Bertz CT molecular complexity index is 855. The summed E-state index contributed by atoms with van der Waals surface area (Å²) in [5.41, 5.74) is 0.450. The third kappa shape index (κ3) is 2.52. The molecular formula is C18H19FN2O3. The van der Waals surface area contributed by atoms with E-state index in [1.807, 2.05) is 0 Å². The number of Topliss-reactive ketones (excluding diaryl/α,β-unsaturated/α-hetero) is 1. The molecule has 1 aromatic carbocycles. The number of carbonyl (C=O) groups excluding carboxylic acids is 1. The van der Waals surface area contributed by atoms with Crippen molar-refractivity contribution < 1.29 is 19.1 Å².